The number of imidazole rings is 1. The second-order valence-electron chi connectivity index (χ2n) is 11.4. The van der Waals surface area contributed by atoms with Gasteiger partial charge in [-0.3, -0.25) is 0 Å². The van der Waals surface area contributed by atoms with E-state index < -0.39 is 0 Å². The van der Waals surface area contributed by atoms with Crippen LogP contribution in [0.25, 0.3) is 5.69 Å². The SMILES string of the molecule is CCCCCCCCCCCCCCCCCCCc1n(-c2ccccc2)cc[n+]1CCCCCCC. The molecule has 0 amide bonds. The Morgan fingerprint density at radius 2 is 0.946 bits per heavy atom. The van der Waals surface area contributed by atoms with Crippen molar-refractivity contribution in [1.29, 1.82) is 0 Å². The van der Waals surface area contributed by atoms with E-state index >= 15 is 0 Å². The van der Waals surface area contributed by atoms with E-state index in [1.807, 2.05) is 0 Å². The fraction of sp³-hybridized carbons (Fsp3) is 0.743. The lowest BCUT2D eigenvalue weighted by Crippen LogP contribution is -2.37. The van der Waals surface area contributed by atoms with Crippen molar-refractivity contribution >= 4 is 0 Å². The van der Waals surface area contributed by atoms with Gasteiger partial charge in [-0.15, -0.1) is 0 Å². The summed E-state index contributed by atoms with van der Waals surface area (Å²) in [6, 6.07) is 10.9. The fourth-order valence-corrected chi connectivity index (χ4v) is 5.64. The van der Waals surface area contributed by atoms with Crippen molar-refractivity contribution in [1.82, 2.24) is 4.57 Å². The molecule has 1 aromatic carbocycles. The van der Waals surface area contributed by atoms with E-state index in [0.717, 1.165) is 6.54 Å². The minimum atomic E-state index is 1.16. The maximum absolute atomic E-state index is 2.53. The third-order valence-corrected chi connectivity index (χ3v) is 8.05. The lowest BCUT2D eigenvalue weighted by atomic mass is 10.0. The fourth-order valence-electron chi connectivity index (χ4n) is 5.64. The molecule has 0 fully saturated rings. The van der Waals surface area contributed by atoms with Crippen molar-refractivity contribution in [3.63, 3.8) is 0 Å². The number of aromatic nitrogens is 2. The van der Waals surface area contributed by atoms with Crippen LogP contribution >= 0.6 is 0 Å². The molecule has 2 rings (SSSR count). The van der Waals surface area contributed by atoms with Crippen molar-refractivity contribution in [3.05, 3.63) is 48.5 Å². The van der Waals surface area contributed by atoms with Crippen molar-refractivity contribution in [2.45, 2.75) is 168 Å². The molecule has 1 heterocycles. The average Bonchev–Trinajstić information content (AvgIpc) is 3.33. The highest BCUT2D eigenvalue weighted by molar-refractivity contribution is 5.31. The van der Waals surface area contributed by atoms with Gasteiger partial charge in [0, 0.05) is 6.42 Å². The van der Waals surface area contributed by atoms with E-state index in [2.05, 4.69) is 65.7 Å². The van der Waals surface area contributed by atoms with Gasteiger partial charge in [0.25, 0.3) is 5.82 Å². The summed E-state index contributed by atoms with van der Waals surface area (Å²) in [5.74, 6) is 1.49. The Balaban J connectivity index is 1.55. The topological polar surface area (TPSA) is 8.81 Å². The molecule has 0 saturated heterocycles. The van der Waals surface area contributed by atoms with Crippen LogP contribution in [0.15, 0.2) is 42.7 Å². The van der Waals surface area contributed by atoms with Gasteiger partial charge in [-0.25, -0.2) is 4.57 Å². The molecule has 0 radical (unpaired) electrons. The van der Waals surface area contributed by atoms with Gasteiger partial charge in [0.2, 0.25) is 0 Å². The number of para-hydroxylation sites is 1. The number of rotatable bonds is 25. The number of nitrogens with zero attached hydrogens (tertiary/aromatic N) is 2. The number of benzene rings is 1. The zero-order valence-corrected chi connectivity index (χ0v) is 24.9. The van der Waals surface area contributed by atoms with Crippen LogP contribution in [0.4, 0.5) is 0 Å². The van der Waals surface area contributed by atoms with Crippen molar-refractivity contribution in [2.24, 2.45) is 0 Å². The van der Waals surface area contributed by atoms with E-state index in [9.17, 15) is 0 Å². The first-order valence-electron chi connectivity index (χ1n) is 16.5. The lowest BCUT2D eigenvalue weighted by Gasteiger charge is -2.06. The predicted octanol–water partition coefficient (Wildman–Crippen LogP) is 10.9. The summed E-state index contributed by atoms with van der Waals surface area (Å²) in [5.41, 5.74) is 1.30. The van der Waals surface area contributed by atoms with Gasteiger partial charge < -0.3 is 0 Å². The normalized spacial score (nSPS) is 11.4. The van der Waals surface area contributed by atoms with Crippen molar-refractivity contribution in [3.8, 4) is 5.69 Å². The van der Waals surface area contributed by atoms with E-state index in [-0.39, 0.29) is 0 Å². The molecule has 0 aliphatic carbocycles. The van der Waals surface area contributed by atoms with Crippen LogP contribution < -0.4 is 4.57 Å². The molecule has 1 aromatic heterocycles. The van der Waals surface area contributed by atoms with Crippen LogP contribution in [0.5, 0.6) is 0 Å². The van der Waals surface area contributed by atoms with Crippen LogP contribution in [-0.2, 0) is 13.0 Å². The summed E-state index contributed by atoms with van der Waals surface area (Å²) in [6.07, 6.45) is 36.9. The van der Waals surface area contributed by atoms with Crippen LogP contribution in [0.3, 0.4) is 0 Å². The summed E-state index contributed by atoms with van der Waals surface area (Å²) in [6.45, 7) is 5.77. The van der Waals surface area contributed by atoms with Crippen LogP contribution in [0.2, 0.25) is 0 Å². The van der Waals surface area contributed by atoms with E-state index in [1.54, 1.807) is 0 Å². The summed E-state index contributed by atoms with van der Waals surface area (Å²) < 4.78 is 4.96. The smallest absolute Gasteiger partial charge is 0.234 e. The predicted molar refractivity (Wildman–Crippen MR) is 163 cm³/mol. The molecule has 2 heteroatoms. The molecule has 0 unspecified atom stereocenters. The standard InChI is InChI=1S/C35H61N2/c1-3-5-7-9-10-11-12-13-14-15-16-17-18-19-20-21-26-30-35-36(31-27-22-8-6-4-2)32-33-37(35)34-28-24-23-25-29-34/h23-25,28-29,32-33H,3-22,26-27,30-31H2,1-2H3/q+1. The molecule has 0 aliphatic heterocycles. The zero-order chi connectivity index (χ0) is 26.2. The third kappa shape index (κ3) is 14.8. The zero-order valence-electron chi connectivity index (χ0n) is 24.9. The number of hydrogen-bond acceptors (Lipinski definition) is 0. The van der Waals surface area contributed by atoms with Crippen molar-refractivity contribution < 1.29 is 4.57 Å². The monoisotopic (exact) mass is 509 g/mol. The Morgan fingerprint density at radius 3 is 1.43 bits per heavy atom. The highest BCUT2D eigenvalue weighted by atomic mass is 15.1. The van der Waals surface area contributed by atoms with Gasteiger partial charge >= 0.3 is 0 Å². The molecule has 0 atom stereocenters. The highest BCUT2D eigenvalue weighted by Gasteiger charge is 2.18. The van der Waals surface area contributed by atoms with Crippen molar-refractivity contribution in [2.75, 3.05) is 0 Å². The summed E-state index contributed by atoms with van der Waals surface area (Å²) in [4.78, 5) is 0. The number of hydrogen-bond donors (Lipinski definition) is 0. The van der Waals surface area contributed by atoms with Crippen LogP contribution in [0, 0.1) is 0 Å². The van der Waals surface area contributed by atoms with Gasteiger partial charge in [-0.05, 0) is 31.4 Å². The largest absolute Gasteiger partial charge is 0.261 e. The molecule has 2 nitrogen and oxygen atoms in total. The van der Waals surface area contributed by atoms with Gasteiger partial charge in [-0.2, -0.15) is 4.57 Å². The third-order valence-electron chi connectivity index (χ3n) is 8.05. The lowest BCUT2D eigenvalue weighted by molar-refractivity contribution is -0.704. The molecule has 0 saturated carbocycles. The van der Waals surface area contributed by atoms with Gasteiger partial charge in [0.05, 0.1) is 6.54 Å². The summed E-state index contributed by atoms with van der Waals surface area (Å²) in [7, 11) is 0. The molecular weight excluding hydrogens is 448 g/mol. The Bertz CT molecular complexity index is 748. The quantitative estimate of drug-likeness (QED) is 0.0929. The molecule has 37 heavy (non-hydrogen) atoms. The Morgan fingerprint density at radius 1 is 0.514 bits per heavy atom. The first-order chi connectivity index (χ1) is 18.4. The van der Waals surface area contributed by atoms with E-state index in [1.165, 1.54) is 159 Å². The van der Waals surface area contributed by atoms with Gasteiger partial charge in [-0.1, -0.05) is 154 Å². The first-order valence-corrected chi connectivity index (χ1v) is 16.5. The molecule has 0 N–H and O–H groups in total. The first kappa shape index (κ1) is 31.6. The van der Waals surface area contributed by atoms with E-state index in [0.29, 0.717) is 0 Å². The summed E-state index contributed by atoms with van der Waals surface area (Å²) in [5, 5.41) is 0. The molecule has 0 bridgehead atoms. The Kier molecular flexibility index (Phi) is 19.2. The minimum absolute atomic E-state index is 1.16. The number of aryl methyl sites for hydroxylation is 1. The second-order valence-corrected chi connectivity index (χ2v) is 11.4. The highest BCUT2D eigenvalue weighted by Crippen LogP contribution is 2.16. The van der Waals surface area contributed by atoms with Gasteiger partial charge in [0.1, 0.15) is 18.1 Å². The molecular formula is C35H61N2+. The molecule has 2 aromatic rings. The minimum Gasteiger partial charge on any atom is -0.234 e. The molecule has 0 spiro atoms. The maximum Gasteiger partial charge on any atom is 0.261 e. The summed E-state index contributed by atoms with van der Waals surface area (Å²) >= 11 is 0. The van der Waals surface area contributed by atoms with E-state index in [4.69, 9.17) is 0 Å². The second kappa shape index (κ2) is 22.4. The van der Waals surface area contributed by atoms with Crippen LogP contribution in [0.1, 0.15) is 161 Å². The Labute approximate surface area is 231 Å². The molecule has 210 valence electrons. The van der Waals surface area contributed by atoms with Crippen LogP contribution in [-0.4, -0.2) is 4.57 Å². The maximum atomic E-state index is 2.53. The number of unbranched alkanes of at least 4 members (excludes halogenated alkanes) is 20. The van der Waals surface area contributed by atoms with Gasteiger partial charge in [0.15, 0.2) is 0 Å². The molecule has 0 aliphatic rings. The average molecular weight is 510 g/mol. The Hall–Kier alpha value is -1.57.